The molecule has 0 atom stereocenters. The van der Waals surface area contributed by atoms with Crippen molar-refractivity contribution in [1.82, 2.24) is 0 Å². The largest absolute Gasteiger partial charge is 0.497 e. The van der Waals surface area contributed by atoms with E-state index < -0.39 is 22.5 Å². The molecule has 0 unspecified atom stereocenters. The topological polar surface area (TPSA) is 94.2 Å². The van der Waals surface area contributed by atoms with Gasteiger partial charge in [0.15, 0.2) is 0 Å². The summed E-state index contributed by atoms with van der Waals surface area (Å²) in [4.78, 5) is 12.5. The van der Waals surface area contributed by atoms with Crippen LogP contribution in [0.1, 0.15) is 0 Å². The third-order valence-corrected chi connectivity index (χ3v) is 5.23. The van der Waals surface area contributed by atoms with E-state index >= 15 is 0 Å². The first-order chi connectivity index (χ1) is 13.2. The second kappa shape index (κ2) is 9.03. The van der Waals surface area contributed by atoms with E-state index in [4.69, 9.17) is 25.8 Å². The van der Waals surface area contributed by atoms with E-state index in [9.17, 15) is 13.2 Å². The summed E-state index contributed by atoms with van der Waals surface area (Å²) in [6.07, 6.45) is 1.01. The second-order valence-electron chi connectivity index (χ2n) is 5.70. The van der Waals surface area contributed by atoms with Gasteiger partial charge in [-0.25, -0.2) is 8.42 Å². The second-order valence-corrected chi connectivity index (χ2v) is 8.02. The van der Waals surface area contributed by atoms with E-state index in [0.717, 1.165) is 10.6 Å². The lowest BCUT2D eigenvalue weighted by Crippen LogP contribution is -2.37. The van der Waals surface area contributed by atoms with Crippen LogP contribution in [-0.4, -0.2) is 48.5 Å². The number of benzene rings is 2. The Bertz CT molecular complexity index is 965. The summed E-state index contributed by atoms with van der Waals surface area (Å²) in [5.41, 5.74) is 0.625. The number of hydrogen-bond acceptors (Lipinski definition) is 6. The Morgan fingerprint density at radius 2 is 1.71 bits per heavy atom. The fraction of sp³-hybridized carbons (Fsp3) is 0.278. The summed E-state index contributed by atoms with van der Waals surface area (Å²) >= 11 is 6.08. The molecule has 0 saturated heterocycles. The number of anilines is 2. The number of methoxy groups -OCH3 is 3. The van der Waals surface area contributed by atoms with Crippen LogP contribution in [0.5, 0.6) is 17.2 Å². The lowest BCUT2D eigenvalue weighted by molar-refractivity contribution is -0.114. The molecule has 1 amide bonds. The van der Waals surface area contributed by atoms with Gasteiger partial charge >= 0.3 is 0 Å². The number of carbonyl (C=O) groups is 1. The summed E-state index contributed by atoms with van der Waals surface area (Å²) in [7, 11) is 0.665. The Morgan fingerprint density at radius 1 is 1.04 bits per heavy atom. The number of nitrogens with zero attached hydrogens (tertiary/aromatic N) is 1. The smallest absolute Gasteiger partial charge is 0.245 e. The van der Waals surface area contributed by atoms with Gasteiger partial charge in [-0.05, 0) is 30.3 Å². The lowest BCUT2D eigenvalue weighted by Gasteiger charge is -2.22. The van der Waals surface area contributed by atoms with Crippen molar-refractivity contribution in [2.24, 2.45) is 0 Å². The predicted molar refractivity (Wildman–Crippen MR) is 108 cm³/mol. The molecule has 2 rings (SSSR count). The maximum Gasteiger partial charge on any atom is 0.245 e. The average Bonchev–Trinajstić information content (AvgIpc) is 2.65. The van der Waals surface area contributed by atoms with Crippen LogP contribution in [0.15, 0.2) is 36.4 Å². The van der Waals surface area contributed by atoms with Crippen molar-refractivity contribution in [3.8, 4) is 17.2 Å². The zero-order valence-electron chi connectivity index (χ0n) is 15.9. The molecule has 0 aliphatic rings. The van der Waals surface area contributed by atoms with Crippen LogP contribution in [0.3, 0.4) is 0 Å². The summed E-state index contributed by atoms with van der Waals surface area (Å²) in [5.74, 6) is 0.777. The van der Waals surface area contributed by atoms with Gasteiger partial charge in [-0.15, -0.1) is 0 Å². The van der Waals surface area contributed by atoms with Crippen molar-refractivity contribution < 1.29 is 27.4 Å². The molecule has 0 heterocycles. The van der Waals surface area contributed by atoms with Crippen LogP contribution >= 0.6 is 11.6 Å². The average molecular weight is 429 g/mol. The molecule has 2 aromatic carbocycles. The van der Waals surface area contributed by atoms with Crippen molar-refractivity contribution in [3.63, 3.8) is 0 Å². The summed E-state index contributed by atoms with van der Waals surface area (Å²) in [6.45, 7) is -0.448. The SMILES string of the molecule is COc1ccc(NC(=O)CN(c2ccc(OC)c(Cl)c2)S(C)(=O)=O)c(OC)c1. The van der Waals surface area contributed by atoms with Gasteiger partial charge in [-0.2, -0.15) is 0 Å². The minimum Gasteiger partial charge on any atom is -0.497 e. The van der Waals surface area contributed by atoms with Gasteiger partial charge in [0, 0.05) is 6.07 Å². The first-order valence-electron chi connectivity index (χ1n) is 8.02. The van der Waals surface area contributed by atoms with Gasteiger partial charge in [0.25, 0.3) is 0 Å². The molecular formula is C18H21ClN2O6S. The third-order valence-electron chi connectivity index (χ3n) is 3.79. The van der Waals surface area contributed by atoms with Gasteiger partial charge in [0.2, 0.25) is 15.9 Å². The number of halogens is 1. The maximum absolute atomic E-state index is 12.5. The van der Waals surface area contributed by atoms with Crippen LogP contribution < -0.4 is 23.8 Å². The van der Waals surface area contributed by atoms with E-state index in [2.05, 4.69) is 5.32 Å². The molecule has 0 saturated carbocycles. The van der Waals surface area contributed by atoms with Crippen molar-refractivity contribution in [1.29, 1.82) is 0 Å². The van der Waals surface area contributed by atoms with Gasteiger partial charge in [0.05, 0.1) is 44.0 Å². The molecule has 0 radical (unpaired) electrons. The number of sulfonamides is 1. The van der Waals surface area contributed by atoms with E-state index in [1.54, 1.807) is 18.2 Å². The monoisotopic (exact) mass is 428 g/mol. The number of carbonyl (C=O) groups excluding carboxylic acids is 1. The Labute approximate surface area is 169 Å². The number of ether oxygens (including phenoxy) is 3. The lowest BCUT2D eigenvalue weighted by atomic mass is 10.2. The molecule has 0 aliphatic carbocycles. The van der Waals surface area contributed by atoms with Crippen LogP contribution in [0.2, 0.25) is 5.02 Å². The number of nitrogens with one attached hydrogen (secondary N) is 1. The minimum atomic E-state index is -3.75. The highest BCUT2D eigenvalue weighted by atomic mass is 35.5. The molecule has 0 aliphatic heterocycles. The highest BCUT2D eigenvalue weighted by Gasteiger charge is 2.22. The minimum absolute atomic E-state index is 0.228. The quantitative estimate of drug-likeness (QED) is 0.694. The molecule has 0 bridgehead atoms. The van der Waals surface area contributed by atoms with E-state index in [1.165, 1.54) is 39.5 Å². The van der Waals surface area contributed by atoms with Crippen LogP contribution in [-0.2, 0) is 14.8 Å². The fourth-order valence-electron chi connectivity index (χ4n) is 2.43. The molecular weight excluding hydrogens is 408 g/mol. The summed E-state index contributed by atoms with van der Waals surface area (Å²) < 4.78 is 40.8. The first-order valence-corrected chi connectivity index (χ1v) is 10.3. The zero-order chi connectivity index (χ0) is 20.9. The molecule has 1 N–H and O–H groups in total. The number of hydrogen-bond donors (Lipinski definition) is 1. The zero-order valence-corrected chi connectivity index (χ0v) is 17.4. The Kier molecular flexibility index (Phi) is 6.98. The highest BCUT2D eigenvalue weighted by molar-refractivity contribution is 7.92. The van der Waals surface area contributed by atoms with E-state index in [-0.39, 0.29) is 10.7 Å². The molecule has 152 valence electrons. The van der Waals surface area contributed by atoms with Gasteiger partial charge < -0.3 is 19.5 Å². The fourth-order valence-corrected chi connectivity index (χ4v) is 3.53. The molecule has 8 nitrogen and oxygen atoms in total. The summed E-state index contributed by atoms with van der Waals surface area (Å²) in [6, 6.07) is 9.31. The molecule has 0 aromatic heterocycles. The van der Waals surface area contributed by atoms with Gasteiger partial charge in [-0.3, -0.25) is 9.10 Å². The number of rotatable bonds is 8. The highest BCUT2D eigenvalue weighted by Crippen LogP contribution is 2.31. The maximum atomic E-state index is 12.5. The standard InChI is InChI=1S/C18H21ClN2O6S/c1-25-13-6-7-15(17(10-13)27-3)20-18(22)11-21(28(4,23)24)12-5-8-16(26-2)14(19)9-12/h5-10H,11H2,1-4H3,(H,20,22). The van der Waals surface area contributed by atoms with Crippen molar-refractivity contribution in [2.45, 2.75) is 0 Å². The van der Waals surface area contributed by atoms with Gasteiger partial charge in [-0.1, -0.05) is 11.6 Å². The molecule has 0 fully saturated rings. The van der Waals surface area contributed by atoms with E-state index in [0.29, 0.717) is 22.9 Å². The Morgan fingerprint density at radius 3 is 2.25 bits per heavy atom. The van der Waals surface area contributed by atoms with Crippen molar-refractivity contribution >= 4 is 38.9 Å². The molecule has 0 spiro atoms. The third kappa shape index (κ3) is 5.20. The molecule has 10 heteroatoms. The van der Waals surface area contributed by atoms with Gasteiger partial charge in [0.1, 0.15) is 23.8 Å². The summed E-state index contributed by atoms with van der Waals surface area (Å²) in [5, 5.41) is 2.87. The Hall–Kier alpha value is -2.65. The van der Waals surface area contributed by atoms with Crippen molar-refractivity contribution in [2.75, 3.05) is 43.8 Å². The van der Waals surface area contributed by atoms with Crippen LogP contribution in [0.4, 0.5) is 11.4 Å². The molecule has 28 heavy (non-hydrogen) atoms. The number of amides is 1. The van der Waals surface area contributed by atoms with Crippen LogP contribution in [0.25, 0.3) is 0 Å². The van der Waals surface area contributed by atoms with Crippen molar-refractivity contribution in [3.05, 3.63) is 41.4 Å². The molecule has 2 aromatic rings. The van der Waals surface area contributed by atoms with E-state index in [1.807, 2.05) is 0 Å². The first kappa shape index (κ1) is 21.6. The van der Waals surface area contributed by atoms with Crippen LogP contribution in [0, 0.1) is 0 Å². The normalized spacial score (nSPS) is 10.9. The Balaban J connectivity index is 2.26. The predicted octanol–water partition coefficient (Wildman–Crippen LogP) is 2.77.